The standard InChI is InChI=1S/C13H11N5O2/c1-17-10-9(11(19)18(2)13(17)20)15-12(16-10)14-8-6-4-3-5-7-8/h3-7H,1-2H3/p+1. The Balaban J connectivity index is 2.28. The first kappa shape index (κ1) is 12.2. The lowest BCUT2D eigenvalue weighted by Gasteiger charge is -1.94. The Labute approximate surface area is 112 Å². The Morgan fingerprint density at radius 3 is 2.50 bits per heavy atom. The normalized spacial score (nSPS) is 14.8. The number of guanidine groups is 1. The molecule has 0 saturated carbocycles. The number of fused-ring (bicyclic) bond motifs is 1. The summed E-state index contributed by atoms with van der Waals surface area (Å²) in [5.41, 5.74) is 0.243. The van der Waals surface area contributed by atoms with Gasteiger partial charge < -0.3 is 0 Å². The molecule has 0 unspecified atom stereocenters. The van der Waals surface area contributed by atoms with Crippen molar-refractivity contribution in [2.75, 3.05) is 0 Å². The predicted octanol–water partition coefficient (Wildman–Crippen LogP) is -2.89. The van der Waals surface area contributed by atoms with E-state index in [4.69, 9.17) is 0 Å². The highest BCUT2D eigenvalue weighted by molar-refractivity contribution is 5.74. The molecule has 7 nitrogen and oxygen atoms in total. The van der Waals surface area contributed by atoms with Crippen LogP contribution in [0.5, 0.6) is 0 Å². The fourth-order valence-corrected chi connectivity index (χ4v) is 1.99. The van der Waals surface area contributed by atoms with Gasteiger partial charge in [0.05, 0.1) is 7.05 Å². The van der Waals surface area contributed by atoms with Crippen LogP contribution in [0.15, 0.2) is 49.9 Å². The summed E-state index contributed by atoms with van der Waals surface area (Å²) >= 11 is 0. The zero-order valence-electron chi connectivity index (χ0n) is 11.0. The van der Waals surface area contributed by atoms with Crippen molar-refractivity contribution < 1.29 is 4.99 Å². The van der Waals surface area contributed by atoms with Gasteiger partial charge in [-0.05, 0) is 12.1 Å². The molecule has 20 heavy (non-hydrogen) atoms. The predicted molar refractivity (Wildman–Crippen MR) is 71.3 cm³/mol. The Bertz CT molecular complexity index is 951. The Morgan fingerprint density at radius 2 is 1.80 bits per heavy atom. The van der Waals surface area contributed by atoms with Crippen molar-refractivity contribution in [1.29, 1.82) is 0 Å². The summed E-state index contributed by atoms with van der Waals surface area (Å²) < 4.78 is 2.36. The first-order valence-electron chi connectivity index (χ1n) is 6.00. The second-order valence-electron chi connectivity index (χ2n) is 4.41. The molecule has 0 fully saturated rings. The minimum atomic E-state index is -0.436. The molecule has 0 amide bonds. The molecule has 7 heteroatoms. The van der Waals surface area contributed by atoms with E-state index in [0.717, 1.165) is 4.57 Å². The van der Waals surface area contributed by atoms with Crippen LogP contribution in [0.25, 0.3) is 0 Å². The van der Waals surface area contributed by atoms with Gasteiger partial charge in [-0.2, -0.15) is 0 Å². The highest BCUT2D eigenvalue weighted by Crippen LogP contribution is 2.08. The molecule has 0 saturated heterocycles. The van der Waals surface area contributed by atoms with Gasteiger partial charge in [-0.3, -0.25) is 9.36 Å². The molecule has 100 valence electrons. The topological polar surface area (TPSA) is 82.7 Å². The zero-order chi connectivity index (χ0) is 14.3. The maximum absolute atomic E-state index is 12.0. The maximum atomic E-state index is 12.0. The molecule has 0 bridgehead atoms. The van der Waals surface area contributed by atoms with Crippen LogP contribution < -0.4 is 27.1 Å². The largest absolute Gasteiger partial charge is 0.383 e. The van der Waals surface area contributed by atoms with Gasteiger partial charge >= 0.3 is 11.6 Å². The van der Waals surface area contributed by atoms with E-state index in [2.05, 4.69) is 15.0 Å². The summed E-state index contributed by atoms with van der Waals surface area (Å²) in [5.74, 6) is 0.296. The summed E-state index contributed by atoms with van der Waals surface area (Å²) in [5, 5.41) is 0.198. The average Bonchev–Trinajstić information content (AvgIpc) is 2.88. The first-order valence-corrected chi connectivity index (χ1v) is 6.00. The van der Waals surface area contributed by atoms with Gasteiger partial charge in [0.1, 0.15) is 5.69 Å². The molecule has 1 aliphatic heterocycles. The molecule has 1 N–H and O–H groups in total. The molecular weight excluding hydrogens is 258 g/mol. The van der Waals surface area contributed by atoms with Gasteiger partial charge in [0, 0.05) is 7.05 Å². The first-order chi connectivity index (χ1) is 9.58. The van der Waals surface area contributed by atoms with Crippen LogP contribution in [0.4, 0.5) is 5.69 Å². The van der Waals surface area contributed by atoms with E-state index < -0.39 is 11.2 Å². The van der Waals surface area contributed by atoms with Gasteiger partial charge in [0.2, 0.25) is 5.49 Å². The fourth-order valence-electron chi connectivity index (χ4n) is 1.99. The number of aromatic nitrogens is 2. The second-order valence-corrected chi connectivity index (χ2v) is 4.41. The quantitative estimate of drug-likeness (QED) is 0.603. The minimum absolute atomic E-state index is 0.198. The van der Waals surface area contributed by atoms with Crippen LogP contribution in [-0.4, -0.2) is 15.1 Å². The van der Waals surface area contributed by atoms with Crippen molar-refractivity contribution in [2.45, 2.75) is 0 Å². The van der Waals surface area contributed by atoms with Crippen LogP contribution in [0, 0.1) is 0 Å². The minimum Gasteiger partial charge on any atom is -0.265 e. The van der Waals surface area contributed by atoms with Gasteiger partial charge in [0.15, 0.2) is 0 Å². The van der Waals surface area contributed by atoms with Gasteiger partial charge in [-0.15, -0.1) is 4.99 Å². The number of aliphatic imine (C=N–C) groups is 1. The number of hydrogen-bond acceptors (Lipinski definition) is 3. The van der Waals surface area contributed by atoms with Gasteiger partial charge in [0.25, 0.3) is 10.9 Å². The van der Waals surface area contributed by atoms with Crippen molar-refractivity contribution in [1.82, 2.24) is 9.13 Å². The Hall–Kier alpha value is -2.83. The number of para-hydroxylation sites is 1. The molecule has 1 aromatic heterocycles. The van der Waals surface area contributed by atoms with Crippen molar-refractivity contribution in [3.8, 4) is 0 Å². The van der Waals surface area contributed by atoms with E-state index in [1.54, 1.807) is 7.05 Å². The molecule has 0 aliphatic carbocycles. The van der Waals surface area contributed by atoms with Crippen molar-refractivity contribution >= 4 is 11.6 Å². The Kier molecular flexibility index (Phi) is 2.67. The number of rotatable bonds is 1. The molecule has 2 aromatic rings. The van der Waals surface area contributed by atoms with Crippen LogP contribution in [0.3, 0.4) is 0 Å². The van der Waals surface area contributed by atoms with Crippen LogP contribution in [0.1, 0.15) is 0 Å². The van der Waals surface area contributed by atoms with E-state index in [1.807, 2.05) is 30.3 Å². The summed E-state index contributed by atoms with van der Waals surface area (Å²) in [6.45, 7) is 0. The molecule has 0 radical (unpaired) electrons. The van der Waals surface area contributed by atoms with Crippen LogP contribution in [0.2, 0.25) is 0 Å². The lowest BCUT2D eigenvalue weighted by molar-refractivity contribution is -0.371. The molecule has 3 rings (SSSR count). The van der Waals surface area contributed by atoms with Crippen molar-refractivity contribution in [3.63, 3.8) is 0 Å². The van der Waals surface area contributed by atoms with Crippen LogP contribution in [-0.2, 0) is 14.1 Å². The molecular formula is C13H12N5O2+. The highest BCUT2D eigenvalue weighted by Gasteiger charge is 2.19. The zero-order valence-corrected chi connectivity index (χ0v) is 11.0. The smallest absolute Gasteiger partial charge is 0.265 e. The van der Waals surface area contributed by atoms with E-state index in [1.165, 1.54) is 11.6 Å². The maximum Gasteiger partial charge on any atom is 0.383 e. The summed E-state index contributed by atoms with van der Waals surface area (Å²) in [6, 6.07) is 9.25. The van der Waals surface area contributed by atoms with E-state index in [9.17, 15) is 9.59 Å². The molecule has 2 heterocycles. The number of benzene rings is 1. The lowest BCUT2D eigenvalue weighted by atomic mass is 10.3. The number of nitrogens with zero attached hydrogens (tertiary/aromatic N) is 4. The third-order valence-corrected chi connectivity index (χ3v) is 3.08. The molecule has 0 atom stereocenters. The summed E-state index contributed by atoms with van der Waals surface area (Å²) in [4.78, 5) is 35.1. The number of nitrogens with one attached hydrogen (secondary N) is 1. The van der Waals surface area contributed by atoms with E-state index >= 15 is 0 Å². The van der Waals surface area contributed by atoms with Crippen LogP contribution >= 0.6 is 0 Å². The van der Waals surface area contributed by atoms with E-state index in [-0.39, 0.29) is 5.36 Å². The van der Waals surface area contributed by atoms with Crippen molar-refractivity contribution in [3.05, 3.63) is 62.0 Å². The SMILES string of the molecule is Cn1c(=O)c2c(n(C)c1=O)=[NH+]C(=Nc1ccccc1)N=2. The van der Waals surface area contributed by atoms with Gasteiger partial charge in [-0.1, -0.05) is 23.2 Å². The number of hydrogen-bond donors (Lipinski definition) is 1. The Morgan fingerprint density at radius 1 is 1.10 bits per heavy atom. The lowest BCUT2D eigenvalue weighted by Crippen LogP contribution is -2.83. The monoisotopic (exact) mass is 270 g/mol. The summed E-state index contributed by atoms with van der Waals surface area (Å²) in [6.07, 6.45) is 0. The summed E-state index contributed by atoms with van der Waals surface area (Å²) in [7, 11) is 3.00. The fraction of sp³-hybridized carbons (Fsp3) is 0.154. The molecule has 1 aromatic carbocycles. The molecule has 1 aliphatic rings. The third-order valence-electron chi connectivity index (χ3n) is 3.08. The third kappa shape index (κ3) is 1.80. The highest BCUT2D eigenvalue weighted by atomic mass is 16.2. The second kappa shape index (κ2) is 4.37. The van der Waals surface area contributed by atoms with E-state index in [0.29, 0.717) is 17.1 Å². The van der Waals surface area contributed by atoms with Crippen molar-refractivity contribution in [2.24, 2.45) is 24.1 Å². The van der Waals surface area contributed by atoms with Gasteiger partial charge in [-0.25, -0.2) is 14.4 Å². The molecule has 0 spiro atoms. The average molecular weight is 270 g/mol.